The lowest BCUT2D eigenvalue weighted by atomic mass is 9.95. The molecule has 2 aromatic rings. The first-order chi connectivity index (χ1) is 17.5. The summed E-state index contributed by atoms with van der Waals surface area (Å²) in [6.07, 6.45) is 6.39. The molecule has 0 radical (unpaired) electrons. The minimum Gasteiger partial charge on any atom is -0.352 e. The molecule has 1 fully saturated rings. The topological polar surface area (TPSA) is 86.8 Å². The number of anilines is 1. The Morgan fingerprint density at radius 3 is 2.30 bits per heavy atom. The Balaban J connectivity index is 1.94. The maximum atomic E-state index is 13.8. The molecule has 2 amide bonds. The zero-order chi connectivity index (χ0) is 27.2. The molecule has 1 atom stereocenters. The van der Waals surface area contributed by atoms with Crippen molar-refractivity contribution in [3.8, 4) is 0 Å². The maximum Gasteiger partial charge on any atom is 0.244 e. The van der Waals surface area contributed by atoms with Crippen LogP contribution >= 0.6 is 34.8 Å². The molecule has 0 spiro atoms. The smallest absolute Gasteiger partial charge is 0.244 e. The molecule has 0 saturated heterocycles. The lowest BCUT2D eigenvalue weighted by Crippen LogP contribution is -2.54. The minimum atomic E-state index is -3.91. The summed E-state index contributed by atoms with van der Waals surface area (Å²) in [6, 6.07) is 10.7. The van der Waals surface area contributed by atoms with Gasteiger partial charge in [-0.3, -0.25) is 13.9 Å². The summed E-state index contributed by atoms with van der Waals surface area (Å²) in [5.41, 5.74) is 0.774. The Kier molecular flexibility index (Phi) is 10.5. The zero-order valence-electron chi connectivity index (χ0n) is 20.9. The molecule has 1 N–H and O–H groups in total. The van der Waals surface area contributed by atoms with Crippen molar-refractivity contribution >= 4 is 62.3 Å². The van der Waals surface area contributed by atoms with E-state index in [1.165, 1.54) is 23.1 Å². The van der Waals surface area contributed by atoms with Gasteiger partial charge in [0.25, 0.3) is 0 Å². The van der Waals surface area contributed by atoms with Gasteiger partial charge in [-0.1, -0.05) is 79.2 Å². The second kappa shape index (κ2) is 13.2. The number of amides is 2. The van der Waals surface area contributed by atoms with Gasteiger partial charge in [0.15, 0.2) is 0 Å². The molecular weight excluding hydrogens is 557 g/mol. The number of nitrogens with one attached hydrogen (secondary N) is 1. The molecule has 0 aromatic heterocycles. The molecule has 11 heteroatoms. The minimum absolute atomic E-state index is 0.0427. The van der Waals surface area contributed by atoms with Gasteiger partial charge >= 0.3 is 0 Å². The van der Waals surface area contributed by atoms with E-state index in [4.69, 9.17) is 34.8 Å². The van der Waals surface area contributed by atoms with Crippen LogP contribution in [0.5, 0.6) is 0 Å². The molecule has 202 valence electrons. The highest BCUT2D eigenvalue weighted by Gasteiger charge is 2.33. The number of nitrogens with zero attached hydrogens (tertiary/aromatic N) is 2. The van der Waals surface area contributed by atoms with Crippen LogP contribution in [0.2, 0.25) is 15.1 Å². The molecule has 0 bridgehead atoms. The van der Waals surface area contributed by atoms with E-state index in [0.717, 1.165) is 42.7 Å². The fourth-order valence-electron chi connectivity index (χ4n) is 4.55. The zero-order valence-corrected chi connectivity index (χ0v) is 24.0. The van der Waals surface area contributed by atoms with E-state index in [-0.39, 0.29) is 29.2 Å². The van der Waals surface area contributed by atoms with Crippen LogP contribution in [0.15, 0.2) is 42.5 Å². The van der Waals surface area contributed by atoms with Crippen LogP contribution < -0.4 is 9.62 Å². The average molecular weight is 589 g/mol. The largest absolute Gasteiger partial charge is 0.352 e. The van der Waals surface area contributed by atoms with E-state index < -0.39 is 28.5 Å². The Morgan fingerprint density at radius 1 is 1.03 bits per heavy atom. The van der Waals surface area contributed by atoms with Gasteiger partial charge < -0.3 is 10.2 Å². The van der Waals surface area contributed by atoms with Crippen LogP contribution in [0.25, 0.3) is 0 Å². The molecule has 37 heavy (non-hydrogen) atoms. The normalized spacial score (nSPS) is 15.2. The highest BCUT2D eigenvalue weighted by atomic mass is 35.5. The summed E-state index contributed by atoms with van der Waals surface area (Å²) in [5, 5.41) is 3.97. The van der Waals surface area contributed by atoms with Crippen molar-refractivity contribution < 1.29 is 18.0 Å². The third-order valence-corrected chi connectivity index (χ3v) is 8.53. The number of sulfonamides is 1. The number of hydrogen-bond acceptors (Lipinski definition) is 4. The van der Waals surface area contributed by atoms with Crippen LogP contribution in [0.4, 0.5) is 5.69 Å². The van der Waals surface area contributed by atoms with Gasteiger partial charge in [0, 0.05) is 22.6 Å². The first kappa shape index (κ1) is 29.6. The van der Waals surface area contributed by atoms with Crippen LogP contribution in [-0.4, -0.2) is 50.0 Å². The van der Waals surface area contributed by atoms with E-state index in [1.54, 1.807) is 24.3 Å². The Hall–Kier alpha value is -2.00. The second-order valence-electron chi connectivity index (χ2n) is 9.25. The fourth-order valence-corrected chi connectivity index (χ4v) is 6.17. The third-order valence-electron chi connectivity index (χ3n) is 6.49. The highest BCUT2D eigenvalue weighted by molar-refractivity contribution is 7.92. The summed E-state index contributed by atoms with van der Waals surface area (Å²) in [5.74, 6) is -0.813. The molecule has 1 unspecified atom stereocenters. The lowest BCUT2D eigenvalue weighted by Gasteiger charge is -2.34. The number of carbonyl (C=O) groups is 2. The monoisotopic (exact) mass is 587 g/mol. The van der Waals surface area contributed by atoms with Crippen LogP contribution in [-0.2, 0) is 26.2 Å². The van der Waals surface area contributed by atoms with Crippen molar-refractivity contribution in [2.75, 3.05) is 17.1 Å². The van der Waals surface area contributed by atoms with E-state index in [0.29, 0.717) is 22.0 Å². The van der Waals surface area contributed by atoms with E-state index in [1.807, 2.05) is 6.92 Å². The summed E-state index contributed by atoms with van der Waals surface area (Å²) < 4.78 is 26.4. The molecule has 7 nitrogen and oxygen atoms in total. The first-order valence-corrected chi connectivity index (χ1v) is 15.3. The van der Waals surface area contributed by atoms with Crippen molar-refractivity contribution in [1.82, 2.24) is 10.2 Å². The summed E-state index contributed by atoms with van der Waals surface area (Å²) >= 11 is 18.7. The van der Waals surface area contributed by atoms with Crippen molar-refractivity contribution in [2.24, 2.45) is 0 Å². The molecule has 0 heterocycles. The fraction of sp³-hybridized carbons (Fsp3) is 0.462. The standard InChI is InChI=1S/C26H32Cl3N3O4S/c1-3-23(26(34)30-20-10-5-4-6-11-20)31(16-18-9-7-8-12-21(18)28)25(33)17-32(37(2,35)36)24-14-13-19(27)15-22(24)29/h7-9,12-15,20,23H,3-6,10-11,16-17H2,1-2H3,(H,30,34). The van der Waals surface area contributed by atoms with E-state index in [2.05, 4.69) is 5.32 Å². The summed E-state index contributed by atoms with van der Waals surface area (Å²) in [6.45, 7) is 1.32. The Labute approximate surface area is 234 Å². The number of carbonyl (C=O) groups excluding carboxylic acids is 2. The molecule has 1 aliphatic rings. The van der Waals surface area contributed by atoms with Crippen molar-refractivity contribution in [2.45, 2.75) is 64.1 Å². The molecule has 3 rings (SSSR count). The summed E-state index contributed by atoms with van der Waals surface area (Å²) in [7, 11) is -3.91. The number of benzene rings is 2. The van der Waals surface area contributed by atoms with Gasteiger partial charge in [-0.05, 0) is 49.1 Å². The molecular formula is C26H32Cl3N3O4S. The molecule has 0 aliphatic heterocycles. The number of hydrogen-bond donors (Lipinski definition) is 1. The number of rotatable bonds is 10. The Morgan fingerprint density at radius 2 is 1.70 bits per heavy atom. The van der Waals surface area contributed by atoms with Crippen molar-refractivity contribution in [1.29, 1.82) is 0 Å². The van der Waals surface area contributed by atoms with E-state index in [9.17, 15) is 18.0 Å². The van der Waals surface area contributed by atoms with Gasteiger partial charge in [0.1, 0.15) is 12.6 Å². The first-order valence-electron chi connectivity index (χ1n) is 12.3. The van der Waals surface area contributed by atoms with Gasteiger partial charge in [0.05, 0.1) is 17.0 Å². The van der Waals surface area contributed by atoms with E-state index >= 15 is 0 Å². The van der Waals surface area contributed by atoms with Gasteiger partial charge in [-0.2, -0.15) is 0 Å². The summed E-state index contributed by atoms with van der Waals surface area (Å²) in [4.78, 5) is 28.6. The Bertz CT molecular complexity index is 1220. The predicted molar refractivity (Wildman–Crippen MR) is 150 cm³/mol. The van der Waals surface area contributed by atoms with Crippen LogP contribution in [0.3, 0.4) is 0 Å². The third kappa shape index (κ3) is 7.99. The van der Waals surface area contributed by atoms with Crippen molar-refractivity contribution in [3.05, 3.63) is 63.1 Å². The van der Waals surface area contributed by atoms with Crippen LogP contribution in [0.1, 0.15) is 51.0 Å². The van der Waals surface area contributed by atoms with Gasteiger partial charge in [0.2, 0.25) is 21.8 Å². The molecule has 1 aliphatic carbocycles. The van der Waals surface area contributed by atoms with Crippen molar-refractivity contribution in [3.63, 3.8) is 0 Å². The van der Waals surface area contributed by atoms with Gasteiger partial charge in [-0.15, -0.1) is 0 Å². The molecule has 2 aromatic carbocycles. The SMILES string of the molecule is CCC(C(=O)NC1CCCCC1)N(Cc1ccccc1Cl)C(=O)CN(c1ccc(Cl)cc1Cl)S(C)(=O)=O. The quantitative estimate of drug-likeness (QED) is 0.388. The highest BCUT2D eigenvalue weighted by Crippen LogP contribution is 2.31. The van der Waals surface area contributed by atoms with Gasteiger partial charge in [-0.25, -0.2) is 8.42 Å². The predicted octanol–water partition coefficient (Wildman–Crippen LogP) is 5.67. The average Bonchev–Trinajstić information content (AvgIpc) is 2.84. The second-order valence-corrected chi connectivity index (χ2v) is 12.4. The number of halogens is 3. The lowest BCUT2D eigenvalue weighted by molar-refractivity contribution is -0.140. The molecule has 1 saturated carbocycles. The van der Waals surface area contributed by atoms with Crippen LogP contribution in [0, 0.1) is 0 Å². The maximum absolute atomic E-state index is 13.8.